The lowest BCUT2D eigenvalue weighted by atomic mass is 9.62. The second kappa shape index (κ2) is 6.89. The summed E-state index contributed by atoms with van der Waals surface area (Å²) in [5, 5.41) is 2.64. The predicted octanol–water partition coefficient (Wildman–Crippen LogP) is 5.26. The molecule has 25 heavy (non-hydrogen) atoms. The molecule has 1 N–H and O–H groups in total. The maximum atomic E-state index is 13.2. The Hall–Kier alpha value is -1.72. The average molecular weight is 355 g/mol. The number of alkyl halides is 3. The monoisotopic (exact) mass is 355 g/mol. The quantitative estimate of drug-likeness (QED) is 0.783. The zero-order valence-electron chi connectivity index (χ0n) is 14.5. The third-order valence-electron chi connectivity index (χ3n) is 5.28. The first-order chi connectivity index (χ1) is 11.7. The zero-order valence-corrected chi connectivity index (χ0v) is 14.5. The number of hydrogen-bond acceptors (Lipinski definition) is 2. The van der Waals surface area contributed by atoms with E-state index < -0.39 is 11.7 Å². The zero-order chi connectivity index (χ0) is 18.2. The van der Waals surface area contributed by atoms with Gasteiger partial charge in [0.25, 0.3) is 0 Å². The lowest BCUT2D eigenvalue weighted by Gasteiger charge is -2.43. The van der Waals surface area contributed by atoms with Gasteiger partial charge in [-0.25, -0.2) is 0 Å². The molecule has 3 nitrogen and oxygen atoms in total. The molecule has 1 aromatic rings. The van der Waals surface area contributed by atoms with E-state index in [1.54, 1.807) is 13.8 Å². The minimum Gasteiger partial charge on any atom is -0.490 e. The smallest absolute Gasteiger partial charge is 0.420 e. The van der Waals surface area contributed by atoms with E-state index in [-0.39, 0.29) is 29.4 Å². The minimum atomic E-state index is -4.53. The van der Waals surface area contributed by atoms with Gasteiger partial charge in [0.15, 0.2) is 0 Å². The van der Waals surface area contributed by atoms with Crippen molar-refractivity contribution < 1.29 is 22.7 Å². The molecule has 0 heterocycles. The fourth-order valence-corrected chi connectivity index (χ4v) is 3.60. The number of benzene rings is 1. The van der Waals surface area contributed by atoms with E-state index in [4.69, 9.17) is 4.74 Å². The Morgan fingerprint density at radius 3 is 2.40 bits per heavy atom. The van der Waals surface area contributed by atoms with Crippen LogP contribution in [0.4, 0.5) is 18.9 Å². The van der Waals surface area contributed by atoms with Gasteiger partial charge in [-0.05, 0) is 56.7 Å². The minimum absolute atomic E-state index is 0.0773. The van der Waals surface area contributed by atoms with Gasteiger partial charge in [0.05, 0.1) is 11.7 Å². The highest BCUT2D eigenvalue weighted by Gasteiger charge is 2.41. The molecule has 1 amide bonds. The van der Waals surface area contributed by atoms with Gasteiger partial charge in [0.1, 0.15) is 5.75 Å². The lowest BCUT2D eigenvalue weighted by Crippen LogP contribution is -2.39. The summed E-state index contributed by atoms with van der Waals surface area (Å²) < 4.78 is 45.0. The maximum absolute atomic E-state index is 13.2. The molecule has 2 fully saturated rings. The molecule has 0 atom stereocenters. The van der Waals surface area contributed by atoms with Gasteiger partial charge < -0.3 is 10.1 Å². The summed E-state index contributed by atoms with van der Waals surface area (Å²) >= 11 is 0. The maximum Gasteiger partial charge on any atom is 0.420 e. The third-order valence-corrected chi connectivity index (χ3v) is 5.28. The SMILES string of the molecule is CC(C)Oc1ccc(NC(=O)C2CC(C3CCC3)C2)cc1C(F)(F)F. The largest absolute Gasteiger partial charge is 0.490 e. The Morgan fingerprint density at radius 1 is 1.20 bits per heavy atom. The van der Waals surface area contributed by atoms with Crippen molar-refractivity contribution in [2.24, 2.45) is 17.8 Å². The molecule has 0 aromatic heterocycles. The molecule has 2 aliphatic carbocycles. The van der Waals surface area contributed by atoms with Crippen LogP contribution in [0.2, 0.25) is 0 Å². The van der Waals surface area contributed by atoms with Crippen LogP contribution in [0, 0.1) is 17.8 Å². The van der Waals surface area contributed by atoms with E-state index in [2.05, 4.69) is 5.32 Å². The molecule has 0 radical (unpaired) electrons. The number of ether oxygens (including phenoxy) is 1. The van der Waals surface area contributed by atoms with Gasteiger partial charge in [-0.2, -0.15) is 13.2 Å². The van der Waals surface area contributed by atoms with Crippen molar-refractivity contribution in [1.82, 2.24) is 0 Å². The first kappa shape index (κ1) is 18.1. The second-order valence-corrected chi connectivity index (χ2v) is 7.48. The molecule has 0 bridgehead atoms. The topological polar surface area (TPSA) is 38.3 Å². The van der Waals surface area contributed by atoms with Crippen molar-refractivity contribution in [2.45, 2.75) is 58.2 Å². The summed E-state index contributed by atoms with van der Waals surface area (Å²) in [6.45, 7) is 3.34. The second-order valence-electron chi connectivity index (χ2n) is 7.48. The standard InChI is InChI=1S/C19H24F3NO2/c1-11(2)25-17-7-6-15(10-16(17)19(20,21)22)23-18(24)14-8-13(9-14)12-4-3-5-12/h6-7,10-14H,3-5,8-9H2,1-2H3,(H,23,24). The van der Waals surface area contributed by atoms with Crippen molar-refractivity contribution in [3.63, 3.8) is 0 Å². The molecule has 3 rings (SSSR count). The average Bonchev–Trinajstić information content (AvgIpc) is 2.39. The molecule has 6 heteroatoms. The Morgan fingerprint density at radius 2 is 1.88 bits per heavy atom. The predicted molar refractivity (Wildman–Crippen MR) is 89.4 cm³/mol. The first-order valence-corrected chi connectivity index (χ1v) is 8.93. The molecule has 2 aliphatic rings. The molecule has 0 spiro atoms. The number of carbonyl (C=O) groups excluding carboxylic acids is 1. The molecular weight excluding hydrogens is 331 g/mol. The molecule has 138 valence electrons. The van der Waals surface area contributed by atoms with E-state index in [0.29, 0.717) is 5.92 Å². The molecular formula is C19H24F3NO2. The fourth-order valence-electron chi connectivity index (χ4n) is 3.60. The Kier molecular flexibility index (Phi) is 4.98. The van der Waals surface area contributed by atoms with Crippen LogP contribution < -0.4 is 10.1 Å². The first-order valence-electron chi connectivity index (χ1n) is 8.93. The highest BCUT2D eigenvalue weighted by atomic mass is 19.4. The van der Waals surface area contributed by atoms with Crippen molar-refractivity contribution in [1.29, 1.82) is 0 Å². The van der Waals surface area contributed by atoms with Crippen molar-refractivity contribution in [2.75, 3.05) is 5.32 Å². The van der Waals surface area contributed by atoms with E-state index in [9.17, 15) is 18.0 Å². The van der Waals surface area contributed by atoms with E-state index in [0.717, 1.165) is 24.8 Å². The number of halogens is 3. The van der Waals surface area contributed by atoms with Crippen LogP contribution in [-0.4, -0.2) is 12.0 Å². The van der Waals surface area contributed by atoms with Gasteiger partial charge in [-0.1, -0.05) is 19.3 Å². The normalized spacial score (nSPS) is 23.8. The van der Waals surface area contributed by atoms with Gasteiger partial charge in [0.2, 0.25) is 5.91 Å². The summed E-state index contributed by atoms with van der Waals surface area (Å²) in [5.74, 6) is 0.910. The van der Waals surface area contributed by atoms with Crippen molar-refractivity contribution >= 4 is 11.6 Å². The molecule has 1 aromatic carbocycles. The number of carbonyl (C=O) groups is 1. The van der Waals surface area contributed by atoms with Crippen LogP contribution in [0.25, 0.3) is 0 Å². The Bertz CT molecular complexity index is 632. The van der Waals surface area contributed by atoms with Crippen LogP contribution in [0.1, 0.15) is 51.5 Å². The number of hydrogen-bond donors (Lipinski definition) is 1. The van der Waals surface area contributed by atoms with Crippen molar-refractivity contribution in [3.05, 3.63) is 23.8 Å². The highest BCUT2D eigenvalue weighted by Crippen LogP contribution is 2.47. The summed E-state index contributed by atoms with van der Waals surface area (Å²) in [4.78, 5) is 12.3. The number of nitrogens with one attached hydrogen (secondary N) is 1. The highest BCUT2D eigenvalue weighted by molar-refractivity contribution is 5.93. The van der Waals surface area contributed by atoms with Crippen LogP contribution in [0.3, 0.4) is 0 Å². The van der Waals surface area contributed by atoms with Gasteiger partial charge >= 0.3 is 6.18 Å². The summed E-state index contributed by atoms with van der Waals surface area (Å²) in [6.07, 6.45) is 0.616. The number of anilines is 1. The number of amides is 1. The fraction of sp³-hybridized carbons (Fsp3) is 0.632. The Labute approximate surface area is 145 Å². The summed E-state index contributed by atoms with van der Waals surface area (Å²) in [7, 11) is 0. The number of rotatable bonds is 5. The summed E-state index contributed by atoms with van der Waals surface area (Å²) in [5.41, 5.74) is -0.694. The van der Waals surface area contributed by atoms with Crippen LogP contribution >= 0.6 is 0 Å². The van der Waals surface area contributed by atoms with E-state index in [1.165, 1.54) is 31.4 Å². The molecule has 0 aliphatic heterocycles. The molecule has 2 saturated carbocycles. The molecule has 0 unspecified atom stereocenters. The third kappa shape index (κ3) is 4.10. The summed E-state index contributed by atoms with van der Waals surface area (Å²) in [6, 6.07) is 3.70. The van der Waals surface area contributed by atoms with Crippen LogP contribution in [-0.2, 0) is 11.0 Å². The van der Waals surface area contributed by atoms with Gasteiger partial charge in [-0.3, -0.25) is 4.79 Å². The van der Waals surface area contributed by atoms with Crippen LogP contribution in [0.5, 0.6) is 5.75 Å². The van der Waals surface area contributed by atoms with Crippen LogP contribution in [0.15, 0.2) is 18.2 Å². The van der Waals surface area contributed by atoms with Gasteiger partial charge in [0, 0.05) is 11.6 Å². The lowest BCUT2D eigenvalue weighted by molar-refractivity contribution is -0.139. The molecule has 0 saturated heterocycles. The van der Waals surface area contributed by atoms with E-state index >= 15 is 0 Å². The Balaban J connectivity index is 1.65. The van der Waals surface area contributed by atoms with Gasteiger partial charge in [-0.15, -0.1) is 0 Å². The van der Waals surface area contributed by atoms with E-state index in [1.807, 2.05) is 0 Å². The van der Waals surface area contributed by atoms with Crippen molar-refractivity contribution in [3.8, 4) is 5.75 Å².